The summed E-state index contributed by atoms with van der Waals surface area (Å²) in [6.45, 7) is 5.30. The van der Waals surface area contributed by atoms with Crippen LogP contribution >= 0.6 is 11.3 Å². The maximum atomic E-state index is 11.9. The molecule has 22 heavy (non-hydrogen) atoms. The minimum absolute atomic E-state index is 0.226. The lowest BCUT2D eigenvalue weighted by atomic mass is 10.2. The molecule has 2 aromatic rings. The first-order valence-corrected chi connectivity index (χ1v) is 8.13. The van der Waals surface area contributed by atoms with Gasteiger partial charge in [0.1, 0.15) is 21.3 Å². The molecule has 3 heterocycles. The number of methoxy groups -OCH3 is 1. The Morgan fingerprint density at radius 3 is 2.95 bits per heavy atom. The summed E-state index contributed by atoms with van der Waals surface area (Å²) >= 11 is 1.35. The van der Waals surface area contributed by atoms with E-state index in [4.69, 9.17) is 9.47 Å². The van der Waals surface area contributed by atoms with Crippen molar-refractivity contribution >= 4 is 33.3 Å². The molecule has 1 fully saturated rings. The highest BCUT2D eigenvalue weighted by Gasteiger charge is 2.21. The van der Waals surface area contributed by atoms with Crippen molar-refractivity contribution in [2.75, 3.05) is 25.6 Å². The molecule has 0 radical (unpaired) electrons. The van der Waals surface area contributed by atoms with Gasteiger partial charge in [0.2, 0.25) is 0 Å². The molecule has 6 nitrogen and oxygen atoms in total. The van der Waals surface area contributed by atoms with Crippen LogP contribution in [0, 0.1) is 13.8 Å². The van der Waals surface area contributed by atoms with Gasteiger partial charge in [-0.1, -0.05) is 0 Å². The summed E-state index contributed by atoms with van der Waals surface area (Å²) < 4.78 is 10.5. The Hall–Kier alpha value is -1.73. The summed E-state index contributed by atoms with van der Waals surface area (Å²) in [6.07, 6.45) is 2.40. The van der Waals surface area contributed by atoms with Crippen molar-refractivity contribution in [3.05, 3.63) is 16.3 Å². The van der Waals surface area contributed by atoms with E-state index < -0.39 is 0 Å². The summed E-state index contributed by atoms with van der Waals surface area (Å²) in [5, 5.41) is 4.26. The highest BCUT2D eigenvalue weighted by atomic mass is 32.1. The van der Waals surface area contributed by atoms with Gasteiger partial charge in [-0.2, -0.15) is 0 Å². The molecule has 1 atom stereocenters. The van der Waals surface area contributed by atoms with E-state index in [1.807, 2.05) is 13.8 Å². The first-order valence-electron chi connectivity index (χ1n) is 7.31. The molecular formula is C15H19N3O3S. The number of aromatic nitrogens is 2. The smallest absolute Gasteiger partial charge is 0.348 e. The lowest BCUT2D eigenvalue weighted by Crippen LogP contribution is -2.19. The Morgan fingerprint density at radius 1 is 1.45 bits per heavy atom. The van der Waals surface area contributed by atoms with Gasteiger partial charge >= 0.3 is 5.97 Å². The van der Waals surface area contributed by atoms with E-state index in [1.165, 1.54) is 18.4 Å². The molecule has 0 amide bonds. The molecule has 0 spiro atoms. The minimum Gasteiger partial charge on any atom is -0.465 e. The number of hydrogen-bond donors (Lipinski definition) is 1. The number of rotatable bonds is 4. The Bertz CT molecular complexity index is 708. The first kappa shape index (κ1) is 15.2. The number of nitrogens with zero attached hydrogens (tertiary/aromatic N) is 2. The number of aryl methyl sites for hydroxylation is 2. The van der Waals surface area contributed by atoms with Gasteiger partial charge in [-0.15, -0.1) is 11.3 Å². The zero-order chi connectivity index (χ0) is 15.7. The van der Waals surface area contributed by atoms with E-state index in [2.05, 4.69) is 15.3 Å². The molecule has 3 rings (SSSR count). The first-order chi connectivity index (χ1) is 10.6. The number of nitrogens with one attached hydrogen (secondary N) is 1. The van der Waals surface area contributed by atoms with Gasteiger partial charge in [-0.3, -0.25) is 0 Å². The third-order valence-electron chi connectivity index (χ3n) is 3.79. The average molecular weight is 321 g/mol. The van der Waals surface area contributed by atoms with Gasteiger partial charge in [-0.25, -0.2) is 14.8 Å². The van der Waals surface area contributed by atoms with Gasteiger partial charge in [0.15, 0.2) is 0 Å². The maximum absolute atomic E-state index is 11.9. The fourth-order valence-electron chi connectivity index (χ4n) is 2.68. The average Bonchev–Trinajstić information content (AvgIpc) is 3.12. The molecule has 0 saturated carbocycles. The zero-order valence-corrected chi connectivity index (χ0v) is 13.7. The molecule has 2 aromatic heterocycles. The molecule has 1 unspecified atom stereocenters. The van der Waals surface area contributed by atoms with E-state index in [-0.39, 0.29) is 12.1 Å². The van der Waals surface area contributed by atoms with Crippen molar-refractivity contribution in [1.29, 1.82) is 0 Å². The Kier molecular flexibility index (Phi) is 4.26. The second kappa shape index (κ2) is 6.18. The van der Waals surface area contributed by atoms with Gasteiger partial charge < -0.3 is 14.8 Å². The van der Waals surface area contributed by atoms with Crippen LogP contribution in [0.2, 0.25) is 0 Å². The van der Waals surface area contributed by atoms with Gasteiger partial charge in [0.05, 0.1) is 18.6 Å². The lowest BCUT2D eigenvalue weighted by Gasteiger charge is -2.12. The second-order valence-corrected chi connectivity index (χ2v) is 6.36. The topological polar surface area (TPSA) is 73.3 Å². The number of carbonyl (C=O) groups excluding carboxylic acids is 1. The molecule has 1 aliphatic rings. The van der Waals surface area contributed by atoms with Crippen LogP contribution in [-0.4, -0.2) is 42.3 Å². The van der Waals surface area contributed by atoms with Crippen LogP contribution in [0.25, 0.3) is 10.2 Å². The summed E-state index contributed by atoms with van der Waals surface area (Å²) in [4.78, 5) is 22.2. The molecule has 1 saturated heterocycles. The van der Waals surface area contributed by atoms with Crippen molar-refractivity contribution in [2.24, 2.45) is 0 Å². The molecule has 1 aliphatic heterocycles. The van der Waals surface area contributed by atoms with Crippen LogP contribution in [0.4, 0.5) is 5.82 Å². The van der Waals surface area contributed by atoms with Crippen LogP contribution < -0.4 is 5.32 Å². The van der Waals surface area contributed by atoms with Crippen molar-refractivity contribution < 1.29 is 14.3 Å². The minimum atomic E-state index is -0.330. The van der Waals surface area contributed by atoms with Gasteiger partial charge in [0, 0.05) is 13.2 Å². The fraction of sp³-hybridized carbons (Fsp3) is 0.533. The third kappa shape index (κ3) is 2.78. The number of thiophene rings is 1. The number of hydrogen-bond acceptors (Lipinski definition) is 7. The van der Waals surface area contributed by atoms with E-state index in [1.54, 1.807) is 0 Å². The van der Waals surface area contributed by atoms with E-state index >= 15 is 0 Å². The lowest BCUT2D eigenvalue weighted by molar-refractivity contribution is 0.0605. The van der Waals surface area contributed by atoms with Gasteiger partial charge in [-0.05, 0) is 32.3 Å². The monoisotopic (exact) mass is 321 g/mol. The van der Waals surface area contributed by atoms with E-state index in [9.17, 15) is 4.79 Å². The molecule has 0 bridgehead atoms. The largest absolute Gasteiger partial charge is 0.465 e. The predicted molar refractivity (Wildman–Crippen MR) is 85.7 cm³/mol. The quantitative estimate of drug-likeness (QED) is 0.873. The number of ether oxygens (including phenoxy) is 2. The number of fused-ring (bicyclic) bond motifs is 1. The maximum Gasteiger partial charge on any atom is 0.348 e. The van der Waals surface area contributed by atoms with Crippen molar-refractivity contribution in [1.82, 2.24) is 9.97 Å². The Balaban J connectivity index is 1.97. The standard InChI is InChI=1S/C15H19N3O3S/c1-8-11-13(16-7-10-5-4-6-21-10)17-9(2)18-14(11)22-12(8)15(19)20-3/h10H,4-7H2,1-3H3,(H,16,17,18). The number of anilines is 1. The normalized spacial score (nSPS) is 17.9. The SMILES string of the molecule is COC(=O)c1sc2nc(C)nc(NCC3CCCO3)c2c1C. The number of carbonyl (C=O) groups is 1. The molecule has 0 aromatic carbocycles. The van der Waals surface area contributed by atoms with Crippen molar-refractivity contribution in [3.8, 4) is 0 Å². The van der Waals surface area contributed by atoms with E-state index in [0.717, 1.165) is 41.0 Å². The highest BCUT2D eigenvalue weighted by Crippen LogP contribution is 2.34. The van der Waals surface area contributed by atoms with E-state index in [0.29, 0.717) is 17.2 Å². The van der Waals surface area contributed by atoms with Crippen LogP contribution in [-0.2, 0) is 9.47 Å². The predicted octanol–water partition coefficient (Wildman–Crippen LogP) is 2.69. The summed E-state index contributed by atoms with van der Waals surface area (Å²) in [7, 11) is 1.39. The van der Waals surface area contributed by atoms with Gasteiger partial charge in [0.25, 0.3) is 0 Å². The van der Waals surface area contributed by atoms with Crippen LogP contribution in [0.5, 0.6) is 0 Å². The summed E-state index contributed by atoms with van der Waals surface area (Å²) in [5.74, 6) is 1.12. The third-order valence-corrected chi connectivity index (χ3v) is 4.96. The number of esters is 1. The second-order valence-electron chi connectivity index (χ2n) is 5.36. The van der Waals surface area contributed by atoms with Crippen molar-refractivity contribution in [2.45, 2.75) is 32.8 Å². The van der Waals surface area contributed by atoms with Crippen LogP contribution in [0.3, 0.4) is 0 Å². The molecule has 1 N–H and O–H groups in total. The zero-order valence-electron chi connectivity index (χ0n) is 12.9. The summed E-state index contributed by atoms with van der Waals surface area (Å²) in [5.41, 5.74) is 0.863. The fourth-order valence-corrected chi connectivity index (χ4v) is 3.82. The van der Waals surface area contributed by atoms with Crippen LogP contribution in [0.15, 0.2) is 0 Å². The Morgan fingerprint density at radius 2 is 2.27 bits per heavy atom. The molecular weight excluding hydrogens is 302 g/mol. The highest BCUT2D eigenvalue weighted by molar-refractivity contribution is 7.20. The van der Waals surface area contributed by atoms with Crippen molar-refractivity contribution in [3.63, 3.8) is 0 Å². The molecule has 118 valence electrons. The molecule has 0 aliphatic carbocycles. The summed E-state index contributed by atoms with van der Waals surface area (Å²) in [6, 6.07) is 0. The molecule has 7 heteroatoms. The van der Waals surface area contributed by atoms with Crippen LogP contribution in [0.1, 0.15) is 33.9 Å². The Labute approximate surface area is 132 Å².